The average molecular weight is 332 g/mol. The molecule has 1 amide bonds. The lowest BCUT2D eigenvalue weighted by Gasteiger charge is -2.31. The molecule has 1 fully saturated rings. The van der Waals surface area contributed by atoms with Crippen LogP contribution in [0.2, 0.25) is 0 Å². The molecule has 1 N–H and O–H groups in total. The van der Waals surface area contributed by atoms with E-state index in [1.165, 1.54) is 0 Å². The lowest BCUT2D eigenvalue weighted by atomic mass is 9.97. The maximum absolute atomic E-state index is 12.3. The summed E-state index contributed by atoms with van der Waals surface area (Å²) in [6, 6.07) is 5.70. The molecule has 0 aromatic heterocycles. The molecule has 5 heteroatoms. The first-order chi connectivity index (χ1) is 11.7. The number of carbonyl (C=O) groups excluding carboxylic acids is 1. The summed E-state index contributed by atoms with van der Waals surface area (Å²) in [6.45, 7) is 4.66. The smallest absolute Gasteiger partial charge is 0.260 e. The van der Waals surface area contributed by atoms with E-state index in [1.807, 2.05) is 49.2 Å². The van der Waals surface area contributed by atoms with Gasteiger partial charge < -0.3 is 19.7 Å². The van der Waals surface area contributed by atoms with Crippen LogP contribution in [0.15, 0.2) is 24.3 Å². The van der Waals surface area contributed by atoms with Crippen LogP contribution in [0.3, 0.4) is 0 Å². The first-order valence-electron chi connectivity index (χ1n) is 8.53. The van der Waals surface area contributed by atoms with Gasteiger partial charge in [-0.05, 0) is 57.0 Å². The average Bonchev–Trinajstić information content (AvgIpc) is 2.61. The third kappa shape index (κ3) is 4.99. The van der Waals surface area contributed by atoms with E-state index in [-0.39, 0.29) is 12.5 Å². The molecule has 0 aliphatic carbocycles. The fourth-order valence-electron chi connectivity index (χ4n) is 3.01. The number of piperidine rings is 1. The molecule has 1 aliphatic heterocycles. The molecule has 1 aromatic rings. The molecule has 0 radical (unpaired) electrons. The van der Waals surface area contributed by atoms with E-state index in [4.69, 9.17) is 9.47 Å². The Morgan fingerprint density at radius 3 is 2.71 bits per heavy atom. The van der Waals surface area contributed by atoms with Gasteiger partial charge in [-0.25, -0.2) is 0 Å². The number of nitrogens with zero attached hydrogens (tertiary/aromatic N) is 1. The van der Waals surface area contributed by atoms with Crippen LogP contribution >= 0.6 is 0 Å². The van der Waals surface area contributed by atoms with Crippen molar-refractivity contribution in [1.82, 2.24) is 10.2 Å². The summed E-state index contributed by atoms with van der Waals surface area (Å²) < 4.78 is 11.1. The summed E-state index contributed by atoms with van der Waals surface area (Å²) in [7, 11) is 3.58. The molecule has 1 aliphatic rings. The fraction of sp³-hybridized carbons (Fsp3) is 0.526. The zero-order chi connectivity index (χ0) is 17.4. The molecule has 0 atom stereocenters. The predicted octanol–water partition coefficient (Wildman–Crippen LogP) is 2.57. The first-order valence-corrected chi connectivity index (χ1v) is 8.53. The highest BCUT2D eigenvalue weighted by molar-refractivity contribution is 5.78. The first kappa shape index (κ1) is 18.3. The maximum Gasteiger partial charge on any atom is 0.260 e. The minimum absolute atomic E-state index is 0.0393. The summed E-state index contributed by atoms with van der Waals surface area (Å²) in [5.41, 5.74) is 1.04. The highest BCUT2D eigenvalue weighted by Gasteiger charge is 2.22. The second-order valence-corrected chi connectivity index (χ2v) is 6.08. The number of carbonyl (C=O) groups is 1. The van der Waals surface area contributed by atoms with E-state index in [9.17, 15) is 4.79 Å². The Bertz CT molecular complexity index is 564. The van der Waals surface area contributed by atoms with Gasteiger partial charge in [0.2, 0.25) is 0 Å². The van der Waals surface area contributed by atoms with Crippen LogP contribution in [-0.4, -0.2) is 51.2 Å². The summed E-state index contributed by atoms with van der Waals surface area (Å²) in [5, 5.41) is 3.21. The molecule has 1 heterocycles. The van der Waals surface area contributed by atoms with Crippen molar-refractivity contribution in [2.45, 2.75) is 19.8 Å². The van der Waals surface area contributed by atoms with Crippen molar-refractivity contribution in [1.29, 1.82) is 0 Å². The van der Waals surface area contributed by atoms with Crippen LogP contribution in [0.4, 0.5) is 0 Å². The van der Waals surface area contributed by atoms with E-state index in [0.29, 0.717) is 17.4 Å². The van der Waals surface area contributed by atoms with E-state index in [0.717, 1.165) is 38.0 Å². The highest BCUT2D eigenvalue weighted by atomic mass is 16.5. The lowest BCUT2D eigenvalue weighted by Crippen LogP contribution is -2.42. The molecule has 132 valence electrons. The number of hydrogen-bond donors (Lipinski definition) is 1. The molecule has 0 spiro atoms. The van der Waals surface area contributed by atoms with Gasteiger partial charge in [0.05, 0.1) is 7.11 Å². The summed E-state index contributed by atoms with van der Waals surface area (Å²) >= 11 is 0. The van der Waals surface area contributed by atoms with E-state index < -0.39 is 0 Å². The van der Waals surface area contributed by atoms with Gasteiger partial charge in [-0.1, -0.05) is 18.2 Å². The van der Waals surface area contributed by atoms with Gasteiger partial charge in [-0.2, -0.15) is 0 Å². The summed E-state index contributed by atoms with van der Waals surface area (Å²) in [5.74, 6) is 1.95. The van der Waals surface area contributed by atoms with E-state index in [1.54, 1.807) is 7.11 Å². The number of hydrogen-bond acceptors (Lipinski definition) is 4. The van der Waals surface area contributed by atoms with E-state index >= 15 is 0 Å². The third-order valence-electron chi connectivity index (χ3n) is 4.36. The molecule has 0 unspecified atom stereocenters. The van der Waals surface area contributed by atoms with E-state index in [2.05, 4.69) is 5.32 Å². The Labute approximate surface area is 144 Å². The van der Waals surface area contributed by atoms with Gasteiger partial charge in [-0.3, -0.25) is 4.79 Å². The normalized spacial score (nSPS) is 15.7. The SMILES string of the molecule is C/C=C/c1ccc(OCC(=O)N2CCC(CNC)CC2)c(OC)c1. The van der Waals surface area contributed by atoms with Crippen molar-refractivity contribution in [3.63, 3.8) is 0 Å². The number of ether oxygens (including phenoxy) is 2. The molecule has 1 aromatic carbocycles. The van der Waals surface area contributed by atoms with Crippen molar-refractivity contribution < 1.29 is 14.3 Å². The molecule has 24 heavy (non-hydrogen) atoms. The zero-order valence-electron chi connectivity index (χ0n) is 14.9. The standard InChI is InChI=1S/C19H28N2O3/c1-4-5-15-6-7-17(18(12-15)23-3)24-14-19(22)21-10-8-16(9-11-21)13-20-2/h4-7,12,16,20H,8-11,13-14H2,1-3H3/b5-4+. The number of methoxy groups -OCH3 is 1. The maximum atomic E-state index is 12.3. The molecule has 1 saturated heterocycles. The van der Waals surface area contributed by atoms with Gasteiger partial charge in [0.25, 0.3) is 5.91 Å². The Hall–Kier alpha value is -2.01. The van der Waals surface area contributed by atoms with Crippen molar-refractivity contribution in [2.24, 2.45) is 5.92 Å². The second kappa shape index (κ2) is 9.33. The molecule has 0 bridgehead atoms. The third-order valence-corrected chi connectivity index (χ3v) is 4.36. The summed E-state index contributed by atoms with van der Waals surface area (Å²) in [4.78, 5) is 14.2. The number of nitrogens with one attached hydrogen (secondary N) is 1. The van der Waals surface area contributed by atoms with Gasteiger partial charge in [0.1, 0.15) is 0 Å². The van der Waals surface area contributed by atoms with Gasteiger partial charge in [0, 0.05) is 13.1 Å². The molecule has 5 nitrogen and oxygen atoms in total. The molecule has 0 saturated carbocycles. The number of likely N-dealkylation sites (tertiary alicyclic amines) is 1. The Balaban J connectivity index is 1.88. The quantitative estimate of drug-likeness (QED) is 0.834. The second-order valence-electron chi connectivity index (χ2n) is 6.08. The topological polar surface area (TPSA) is 50.8 Å². The number of benzene rings is 1. The minimum Gasteiger partial charge on any atom is -0.493 e. The monoisotopic (exact) mass is 332 g/mol. The fourth-order valence-corrected chi connectivity index (χ4v) is 3.01. The molecular weight excluding hydrogens is 304 g/mol. The van der Waals surface area contributed by atoms with Crippen LogP contribution in [-0.2, 0) is 4.79 Å². The Morgan fingerprint density at radius 1 is 1.33 bits per heavy atom. The minimum atomic E-state index is 0.0393. The van der Waals surface area contributed by atoms with Gasteiger partial charge in [0.15, 0.2) is 18.1 Å². The summed E-state index contributed by atoms with van der Waals surface area (Å²) in [6.07, 6.45) is 6.06. The van der Waals surface area contributed by atoms with Crippen LogP contribution < -0.4 is 14.8 Å². The van der Waals surface area contributed by atoms with Crippen molar-refractivity contribution in [3.05, 3.63) is 29.8 Å². The van der Waals surface area contributed by atoms with Gasteiger partial charge >= 0.3 is 0 Å². The van der Waals surface area contributed by atoms with Crippen LogP contribution in [0, 0.1) is 5.92 Å². The molecule has 2 rings (SSSR count). The van der Waals surface area contributed by atoms with Crippen LogP contribution in [0.1, 0.15) is 25.3 Å². The lowest BCUT2D eigenvalue weighted by molar-refractivity contribution is -0.134. The zero-order valence-corrected chi connectivity index (χ0v) is 14.9. The van der Waals surface area contributed by atoms with Crippen LogP contribution in [0.25, 0.3) is 6.08 Å². The highest BCUT2D eigenvalue weighted by Crippen LogP contribution is 2.28. The number of rotatable bonds is 7. The van der Waals surface area contributed by atoms with Crippen molar-refractivity contribution >= 4 is 12.0 Å². The van der Waals surface area contributed by atoms with Crippen LogP contribution in [0.5, 0.6) is 11.5 Å². The predicted molar refractivity (Wildman–Crippen MR) is 96.4 cm³/mol. The Kier molecular flexibility index (Phi) is 7.12. The van der Waals surface area contributed by atoms with Crippen molar-refractivity contribution in [2.75, 3.05) is 40.4 Å². The van der Waals surface area contributed by atoms with Gasteiger partial charge in [-0.15, -0.1) is 0 Å². The Morgan fingerprint density at radius 2 is 2.08 bits per heavy atom. The number of amides is 1. The number of allylic oxidation sites excluding steroid dienone is 1. The largest absolute Gasteiger partial charge is 0.493 e. The van der Waals surface area contributed by atoms with Crippen molar-refractivity contribution in [3.8, 4) is 11.5 Å². The molecular formula is C19H28N2O3.